The third-order valence-corrected chi connectivity index (χ3v) is 5.49. The Kier molecular flexibility index (Phi) is 4.58. The molecule has 132 valence electrons. The van der Waals surface area contributed by atoms with E-state index in [2.05, 4.69) is 22.8 Å². The van der Waals surface area contributed by atoms with E-state index in [0.717, 1.165) is 19.3 Å². The summed E-state index contributed by atoms with van der Waals surface area (Å²) in [5.41, 5.74) is 2.51. The summed E-state index contributed by atoms with van der Waals surface area (Å²) in [4.78, 5) is 25.2. The van der Waals surface area contributed by atoms with Gasteiger partial charge < -0.3 is 15.1 Å². The number of carbonyl (C=O) groups excluding carboxylic acids is 2. The molecule has 0 spiro atoms. The van der Waals surface area contributed by atoms with Crippen LogP contribution in [0.3, 0.4) is 0 Å². The number of hydrogen-bond donors (Lipinski definition) is 2. The second-order valence-electron chi connectivity index (χ2n) is 6.21. The molecule has 0 saturated carbocycles. The summed E-state index contributed by atoms with van der Waals surface area (Å²) in [5, 5.41) is 6.48. The average molecular weight is 366 g/mol. The lowest BCUT2D eigenvalue weighted by molar-refractivity contribution is 0.0936. The van der Waals surface area contributed by atoms with Gasteiger partial charge in [-0.25, -0.2) is 0 Å². The van der Waals surface area contributed by atoms with Crippen LogP contribution in [-0.4, -0.2) is 11.8 Å². The molecule has 0 radical (unpaired) electrons. The molecule has 0 bridgehead atoms. The van der Waals surface area contributed by atoms with E-state index in [4.69, 9.17) is 4.42 Å². The fourth-order valence-electron chi connectivity index (χ4n) is 3.24. The third kappa shape index (κ3) is 3.41. The maximum Gasteiger partial charge on any atom is 0.291 e. The van der Waals surface area contributed by atoms with Gasteiger partial charge in [-0.15, -0.1) is 11.3 Å². The van der Waals surface area contributed by atoms with Gasteiger partial charge in [0.2, 0.25) is 0 Å². The SMILES string of the molecule is O=C(Nc1ccc(C(=O)NC2CCCc3ccccc32)s1)c1ccco1. The Balaban J connectivity index is 1.43. The van der Waals surface area contributed by atoms with Crippen LogP contribution in [0, 0.1) is 0 Å². The van der Waals surface area contributed by atoms with Gasteiger partial charge in [0.15, 0.2) is 5.76 Å². The first kappa shape index (κ1) is 16.6. The average Bonchev–Trinajstić information content (AvgIpc) is 3.34. The van der Waals surface area contributed by atoms with Crippen molar-refractivity contribution in [1.29, 1.82) is 0 Å². The molecule has 1 aliphatic carbocycles. The molecular weight excluding hydrogens is 348 g/mol. The molecule has 2 heterocycles. The van der Waals surface area contributed by atoms with Crippen molar-refractivity contribution in [3.63, 3.8) is 0 Å². The van der Waals surface area contributed by atoms with Gasteiger partial charge >= 0.3 is 0 Å². The molecule has 0 saturated heterocycles. The predicted molar refractivity (Wildman–Crippen MR) is 101 cm³/mol. The van der Waals surface area contributed by atoms with Crippen LogP contribution in [-0.2, 0) is 6.42 Å². The van der Waals surface area contributed by atoms with Gasteiger partial charge in [0.25, 0.3) is 11.8 Å². The number of aryl methyl sites for hydroxylation is 1. The Morgan fingerprint density at radius 3 is 2.77 bits per heavy atom. The summed E-state index contributed by atoms with van der Waals surface area (Å²) in [6.07, 6.45) is 4.52. The minimum atomic E-state index is -0.329. The number of fused-ring (bicyclic) bond motifs is 1. The summed E-state index contributed by atoms with van der Waals surface area (Å²) < 4.78 is 5.07. The lowest BCUT2D eigenvalue weighted by Crippen LogP contribution is -2.30. The Labute approximate surface area is 155 Å². The fourth-order valence-corrected chi connectivity index (χ4v) is 4.05. The molecule has 2 amide bonds. The molecule has 1 atom stereocenters. The van der Waals surface area contributed by atoms with E-state index < -0.39 is 0 Å². The minimum Gasteiger partial charge on any atom is -0.459 e. The van der Waals surface area contributed by atoms with Crippen LogP contribution < -0.4 is 10.6 Å². The van der Waals surface area contributed by atoms with Crippen LogP contribution >= 0.6 is 11.3 Å². The highest BCUT2D eigenvalue weighted by Crippen LogP contribution is 2.30. The van der Waals surface area contributed by atoms with Gasteiger partial charge in [-0.3, -0.25) is 9.59 Å². The molecular formula is C20H18N2O3S. The molecule has 1 aliphatic rings. The van der Waals surface area contributed by atoms with Crippen LogP contribution in [0.5, 0.6) is 0 Å². The Morgan fingerprint density at radius 2 is 1.92 bits per heavy atom. The zero-order valence-electron chi connectivity index (χ0n) is 14.0. The summed E-state index contributed by atoms with van der Waals surface area (Å²) in [6.45, 7) is 0. The topological polar surface area (TPSA) is 71.3 Å². The lowest BCUT2D eigenvalue weighted by atomic mass is 9.88. The van der Waals surface area contributed by atoms with Crippen molar-refractivity contribution >= 4 is 28.2 Å². The molecule has 26 heavy (non-hydrogen) atoms. The van der Waals surface area contributed by atoms with Crippen LogP contribution in [0.1, 0.15) is 50.2 Å². The smallest absolute Gasteiger partial charge is 0.291 e. The van der Waals surface area contributed by atoms with Gasteiger partial charge in [-0.05, 0) is 54.7 Å². The molecule has 1 unspecified atom stereocenters. The van der Waals surface area contributed by atoms with E-state index in [1.165, 1.54) is 28.7 Å². The Morgan fingerprint density at radius 1 is 1.04 bits per heavy atom. The van der Waals surface area contributed by atoms with Crippen LogP contribution in [0.4, 0.5) is 5.00 Å². The predicted octanol–water partition coefficient (Wildman–Crippen LogP) is 4.40. The Hall–Kier alpha value is -2.86. The zero-order valence-corrected chi connectivity index (χ0v) is 14.8. The number of amides is 2. The van der Waals surface area contributed by atoms with Gasteiger partial charge in [-0.2, -0.15) is 0 Å². The molecule has 1 aromatic carbocycles. The molecule has 2 aromatic heterocycles. The van der Waals surface area contributed by atoms with Gasteiger partial charge in [0, 0.05) is 0 Å². The molecule has 5 nitrogen and oxygen atoms in total. The number of anilines is 1. The van der Waals surface area contributed by atoms with Crippen LogP contribution in [0.2, 0.25) is 0 Å². The largest absolute Gasteiger partial charge is 0.459 e. The van der Waals surface area contributed by atoms with Gasteiger partial charge in [-0.1, -0.05) is 24.3 Å². The number of benzene rings is 1. The first-order valence-corrected chi connectivity index (χ1v) is 9.36. The van der Waals surface area contributed by atoms with E-state index in [-0.39, 0.29) is 23.6 Å². The van der Waals surface area contributed by atoms with Crippen molar-refractivity contribution in [3.8, 4) is 0 Å². The molecule has 0 aliphatic heterocycles. The zero-order chi connectivity index (χ0) is 17.9. The number of rotatable bonds is 4. The Bertz CT molecular complexity index is 930. The highest BCUT2D eigenvalue weighted by atomic mass is 32.1. The maximum absolute atomic E-state index is 12.6. The monoisotopic (exact) mass is 366 g/mol. The minimum absolute atomic E-state index is 0.0377. The van der Waals surface area contributed by atoms with E-state index in [1.54, 1.807) is 24.3 Å². The van der Waals surface area contributed by atoms with Crippen molar-refractivity contribution < 1.29 is 14.0 Å². The van der Waals surface area contributed by atoms with Crippen LogP contribution in [0.15, 0.2) is 59.2 Å². The molecule has 6 heteroatoms. The number of nitrogens with one attached hydrogen (secondary N) is 2. The number of hydrogen-bond acceptors (Lipinski definition) is 4. The van der Waals surface area contributed by atoms with Crippen LogP contribution in [0.25, 0.3) is 0 Å². The highest BCUT2D eigenvalue weighted by Gasteiger charge is 2.22. The van der Waals surface area contributed by atoms with Crippen molar-refractivity contribution in [1.82, 2.24) is 5.32 Å². The standard InChI is InChI=1S/C20H18N2O3S/c23-19(16-9-4-12-25-16)22-18-11-10-17(26-18)20(24)21-15-8-3-6-13-5-1-2-7-14(13)15/h1-2,4-5,7,9-12,15H,3,6,8H2,(H,21,24)(H,22,23). The highest BCUT2D eigenvalue weighted by molar-refractivity contribution is 7.18. The second-order valence-corrected chi connectivity index (χ2v) is 7.30. The van der Waals surface area contributed by atoms with E-state index >= 15 is 0 Å². The summed E-state index contributed by atoms with van der Waals surface area (Å²) in [7, 11) is 0. The molecule has 4 rings (SSSR count). The van der Waals surface area contributed by atoms with E-state index in [1.807, 2.05) is 12.1 Å². The fraction of sp³-hybridized carbons (Fsp3) is 0.200. The van der Waals surface area contributed by atoms with Crippen molar-refractivity contribution in [2.45, 2.75) is 25.3 Å². The number of carbonyl (C=O) groups is 2. The first-order chi connectivity index (χ1) is 12.7. The normalized spacial score (nSPS) is 15.9. The van der Waals surface area contributed by atoms with E-state index in [9.17, 15) is 9.59 Å². The summed E-state index contributed by atoms with van der Waals surface area (Å²) in [5.74, 6) is -0.205. The number of furan rings is 1. The molecule has 2 N–H and O–H groups in total. The maximum atomic E-state index is 12.6. The lowest BCUT2D eigenvalue weighted by Gasteiger charge is -2.26. The summed E-state index contributed by atoms with van der Waals surface area (Å²) in [6, 6.07) is 15.0. The second kappa shape index (κ2) is 7.17. The van der Waals surface area contributed by atoms with Crippen molar-refractivity contribution in [2.24, 2.45) is 0 Å². The quantitative estimate of drug-likeness (QED) is 0.719. The van der Waals surface area contributed by atoms with Crippen molar-refractivity contribution in [2.75, 3.05) is 5.32 Å². The number of thiophene rings is 1. The summed E-state index contributed by atoms with van der Waals surface area (Å²) >= 11 is 1.25. The third-order valence-electron chi connectivity index (χ3n) is 4.49. The molecule has 0 fully saturated rings. The van der Waals surface area contributed by atoms with Gasteiger partial charge in [0.05, 0.1) is 22.2 Å². The van der Waals surface area contributed by atoms with Gasteiger partial charge in [0.1, 0.15) is 0 Å². The van der Waals surface area contributed by atoms with Crippen molar-refractivity contribution in [3.05, 3.63) is 76.6 Å². The first-order valence-electron chi connectivity index (χ1n) is 8.54. The van der Waals surface area contributed by atoms with E-state index in [0.29, 0.717) is 9.88 Å². The molecule has 3 aromatic rings.